The van der Waals surface area contributed by atoms with Crippen molar-refractivity contribution < 1.29 is 4.79 Å². The number of likely N-dealkylation sites (tertiary alicyclic amines) is 2. The second-order valence-corrected chi connectivity index (χ2v) is 8.51. The van der Waals surface area contributed by atoms with Crippen LogP contribution in [0.4, 0.5) is 0 Å². The zero-order valence-electron chi connectivity index (χ0n) is 16.8. The minimum absolute atomic E-state index is 0.345. The first-order valence-electron chi connectivity index (χ1n) is 11.0. The molecule has 0 aromatic rings. The Labute approximate surface area is 159 Å². The van der Waals surface area contributed by atoms with Gasteiger partial charge in [-0.1, -0.05) is 25.7 Å². The standard InChI is InChI=1S/C21H38N4O/c1-2-22-20(25-17-13-21(18-25)11-6-4-7-12-21)23-14-9-16-24-15-8-3-5-10-19(24)26/h2-18H2,1H3,(H,22,23). The van der Waals surface area contributed by atoms with E-state index in [0.29, 0.717) is 11.3 Å². The molecule has 3 fully saturated rings. The molecule has 0 bridgehead atoms. The van der Waals surface area contributed by atoms with E-state index in [9.17, 15) is 4.79 Å². The summed E-state index contributed by atoms with van der Waals surface area (Å²) in [6.07, 6.45) is 13.5. The maximum Gasteiger partial charge on any atom is 0.222 e. The molecular formula is C21H38N4O. The second-order valence-electron chi connectivity index (χ2n) is 8.51. The largest absolute Gasteiger partial charge is 0.357 e. The van der Waals surface area contributed by atoms with Gasteiger partial charge in [-0.15, -0.1) is 0 Å². The molecule has 5 heteroatoms. The van der Waals surface area contributed by atoms with Gasteiger partial charge in [0.15, 0.2) is 5.96 Å². The summed E-state index contributed by atoms with van der Waals surface area (Å²) >= 11 is 0. The Kier molecular flexibility index (Phi) is 7.21. The predicted molar refractivity (Wildman–Crippen MR) is 107 cm³/mol. The van der Waals surface area contributed by atoms with Crippen molar-refractivity contribution in [3.05, 3.63) is 0 Å². The maximum absolute atomic E-state index is 12.1. The van der Waals surface area contributed by atoms with Gasteiger partial charge >= 0.3 is 0 Å². The Hall–Kier alpha value is -1.26. The van der Waals surface area contributed by atoms with Gasteiger partial charge in [0.1, 0.15) is 0 Å². The molecule has 2 saturated heterocycles. The van der Waals surface area contributed by atoms with Crippen molar-refractivity contribution in [3.63, 3.8) is 0 Å². The van der Waals surface area contributed by atoms with Gasteiger partial charge in [-0.05, 0) is 50.9 Å². The third-order valence-corrected chi connectivity index (χ3v) is 6.51. The minimum Gasteiger partial charge on any atom is -0.357 e. The Morgan fingerprint density at radius 1 is 1.08 bits per heavy atom. The van der Waals surface area contributed by atoms with Crippen LogP contribution in [0.15, 0.2) is 4.99 Å². The topological polar surface area (TPSA) is 47.9 Å². The molecule has 2 heterocycles. The monoisotopic (exact) mass is 362 g/mol. The van der Waals surface area contributed by atoms with Crippen molar-refractivity contribution in [2.45, 2.75) is 77.6 Å². The lowest BCUT2D eigenvalue weighted by Crippen LogP contribution is -2.41. The lowest BCUT2D eigenvalue weighted by atomic mass is 9.73. The Balaban J connectivity index is 1.48. The number of hydrogen-bond donors (Lipinski definition) is 1. The molecule has 1 saturated carbocycles. The quantitative estimate of drug-likeness (QED) is 0.463. The van der Waals surface area contributed by atoms with Crippen molar-refractivity contribution in [1.29, 1.82) is 0 Å². The number of carbonyl (C=O) groups excluding carboxylic acids is 1. The van der Waals surface area contributed by atoms with E-state index in [0.717, 1.165) is 64.4 Å². The van der Waals surface area contributed by atoms with E-state index in [1.165, 1.54) is 51.5 Å². The van der Waals surface area contributed by atoms with E-state index in [4.69, 9.17) is 4.99 Å². The van der Waals surface area contributed by atoms with Gasteiger partial charge in [-0.25, -0.2) is 0 Å². The van der Waals surface area contributed by atoms with Gasteiger partial charge in [0, 0.05) is 45.7 Å². The van der Waals surface area contributed by atoms with Crippen LogP contribution in [0.2, 0.25) is 0 Å². The number of hydrogen-bond acceptors (Lipinski definition) is 2. The zero-order valence-corrected chi connectivity index (χ0v) is 16.8. The smallest absolute Gasteiger partial charge is 0.222 e. The summed E-state index contributed by atoms with van der Waals surface area (Å²) in [7, 11) is 0. The molecule has 0 aromatic heterocycles. The zero-order chi connectivity index (χ0) is 18.2. The number of amides is 1. The molecule has 2 aliphatic heterocycles. The summed E-state index contributed by atoms with van der Waals surface area (Å²) in [6.45, 7) is 8.03. The summed E-state index contributed by atoms with van der Waals surface area (Å²) in [4.78, 5) is 21.5. The maximum atomic E-state index is 12.1. The molecule has 1 aliphatic carbocycles. The van der Waals surface area contributed by atoms with E-state index in [1.807, 2.05) is 0 Å². The van der Waals surface area contributed by atoms with Crippen molar-refractivity contribution in [2.24, 2.45) is 10.4 Å². The second kappa shape index (κ2) is 9.61. The van der Waals surface area contributed by atoms with Crippen LogP contribution in [0.5, 0.6) is 0 Å². The number of aliphatic imine (C=N–C) groups is 1. The predicted octanol–water partition coefficient (Wildman–Crippen LogP) is 3.40. The first kappa shape index (κ1) is 19.5. The molecule has 5 nitrogen and oxygen atoms in total. The van der Waals surface area contributed by atoms with Crippen LogP contribution in [0.3, 0.4) is 0 Å². The van der Waals surface area contributed by atoms with Crippen LogP contribution in [0.25, 0.3) is 0 Å². The molecule has 3 rings (SSSR count). The molecule has 0 unspecified atom stereocenters. The fourth-order valence-corrected chi connectivity index (χ4v) is 4.97. The van der Waals surface area contributed by atoms with Gasteiger partial charge in [-0.2, -0.15) is 0 Å². The molecular weight excluding hydrogens is 324 g/mol. The number of nitrogens with zero attached hydrogens (tertiary/aromatic N) is 3. The van der Waals surface area contributed by atoms with E-state index in [-0.39, 0.29) is 0 Å². The van der Waals surface area contributed by atoms with Crippen molar-refractivity contribution in [1.82, 2.24) is 15.1 Å². The van der Waals surface area contributed by atoms with E-state index in [1.54, 1.807) is 0 Å². The van der Waals surface area contributed by atoms with E-state index < -0.39 is 0 Å². The van der Waals surface area contributed by atoms with Crippen molar-refractivity contribution in [2.75, 3.05) is 39.3 Å². The van der Waals surface area contributed by atoms with Gasteiger partial charge < -0.3 is 15.1 Å². The Morgan fingerprint density at radius 2 is 1.88 bits per heavy atom. The number of rotatable bonds is 5. The Bertz CT molecular complexity index is 484. The summed E-state index contributed by atoms with van der Waals surface area (Å²) < 4.78 is 0. The van der Waals surface area contributed by atoms with Crippen molar-refractivity contribution in [3.8, 4) is 0 Å². The fourth-order valence-electron chi connectivity index (χ4n) is 4.97. The van der Waals surface area contributed by atoms with Gasteiger partial charge in [0.2, 0.25) is 5.91 Å². The third-order valence-electron chi connectivity index (χ3n) is 6.51. The van der Waals surface area contributed by atoms with Gasteiger partial charge in [0.25, 0.3) is 0 Å². The van der Waals surface area contributed by atoms with Crippen molar-refractivity contribution >= 4 is 11.9 Å². The number of carbonyl (C=O) groups is 1. The van der Waals surface area contributed by atoms with Crippen LogP contribution >= 0.6 is 0 Å². The lowest BCUT2D eigenvalue weighted by molar-refractivity contribution is -0.130. The highest BCUT2D eigenvalue weighted by Crippen LogP contribution is 2.43. The normalized spacial score (nSPS) is 24.2. The molecule has 3 aliphatic rings. The average Bonchev–Trinajstić information content (AvgIpc) is 2.93. The molecule has 1 N–H and O–H groups in total. The number of guanidine groups is 1. The average molecular weight is 363 g/mol. The van der Waals surface area contributed by atoms with E-state index in [2.05, 4.69) is 22.0 Å². The molecule has 0 atom stereocenters. The highest BCUT2D eigenvalue weighted by Gasteiger charge is 2.39. The summed E-state index contributed by atoms with van der Waals surface area (Å²) in [5, 5.41) is 3.50. The van der Waals surface area contributed by atoms with E-state index >= 15 is 0 Å². The number of nitrogens with one attached hydrogen (secondary N) is 1. The van der Waals surface area contributed by atoms with Crippen LogP contribution in [0.1, 0.15) is 77.6 Å². The first-order valence-corrected chi connectivity index (χ1v) is 11.0. The molecule has 0 radical (unpaired) electrons. The summed E-state index contributed by atoms with van der Waals surface area (Å²) in [5.74, 6) is 1.44. The fraction of sp³-hybridized carbons (Fsp3) is 0.905. The van der Waals surface area contributed by atoms with Gasteiger partial charge in [0.05, 0.1) is 0 Å². The molecule has 148 valence electrons. The Morgan fingerprint density at radius 3 is 2.69 bits per heavy atom. The minimum atomic E-state index is 0.345. The molecule has 1 spiro atoms. The third kappa shape index (κ3) is 5.14. The molecule has 0 aromatic carbocycles. The highest BCUT2D eigenvalue weighted by atomic mass is 16.2. The van der Waals surface area contributed by atoms with Gasteiger partial charge in [-0.3, -0.25) is 9.79 Å². The van der Waals surface area contributed by atoms with Crippen LogP contribution in [-0.4, -0.2) is 60.9 Å². The molecule has 26 heavy (non-hydrogen) atoms. The van der Waals surface area contributed by atoms with Crippen LogP contribution in [-0.2, 0) is 4.79 Å². The highest BCUT2D eigenvalue weighted by molar-refractivity contribution is 5.80. The molecule has 1 amide bonds. The lowest BCUT2D eigenvalue weighted by Gasteiger charge is -2.33. The first-order chi connectivity index (χ1) is 12.7. The van der Waals surface area contributed by atoms with Crippen LogP contribution < -0.4 is 5.32 Å². The summed E-state index contributed by atoms with van der Waals surface area (Å²) in [5.41, 5.74) is 0.562. The van der Waals surface area contributed by atoms with Crippen LogP contribution in [0, 0.1) is 5.41 Å². The SMILES string of the molecule is CCNC(=NCCCN1CCCCCC1=O)N1CCC2(CCCCC2)C1. The summed E-state index contributed by atoms with van der Waals surface area (Å²) in [6, 6.07) is 0.